The van der Waals surface area contributed by atoms with Crippen molar-refractivity contribution in [3.05, 3.63) is 15.6 Å². The molecule has 128 valence electrons. The number of aliphatic hydroxyl groups is 1. The number of carbonyl (C=O) groups excluding carboxylic acids is 1. The van der Waals surface area contributed by atoms with Crippen molar-refractivity contribution >= 4 is 17.2 Å². The summed E-state index contributed by atoms with van der Waals surface area (Å²) in [6.07, 6.45) is 2.11. The van der Waals surface area contributed by atoms with Gasteiger partial charge in [-0.15, -0.1) is 11.3 Å². The summed E-state index contributed by atoms with van der Waals surface area (Å²) in [5, 5.41) is 10.9. The lowest BCUT2D eigenvalue weighted by Crippen LogP contribution is -2.39. The van der Waals surface area contributed by atoms with Crippen molar-refractivity contribution in [2.45, 2.75) is 71.1 Å². The molecule has 1 saturated heterocycles. The number of hydrogen-bond donors (Lipinski definition) is 2. The summed E-state index contributed by atoms with van der Waals surface area (Å²) in [5.41, 5.74) is 7.09. The molecule has 3 N–H and O–H groups in total. The van der Waals surface area contributed by atoms with E-state index in [-0.39, 0.29) is 22.8 Å². The van der Waals surface area contributed by atoms with E-state index < -0.39 is 6.10 Å². The minimum atomic E-state index is -0.475. The summed E-state index contributed by atoms with van der Waals surface area (Å²) in [6, 6.07) is -0.379. The monoisotopic (exact) mass is 337 g/mol. The number of amides is 1. The molecule has 1 fully saturated rings. The fourth-order valence-electron chi connectivity index (χ4n) is 4.43. The van der Waals surface area contributed by atoms with Crippen LogP contribution in [0.15, 0.2) is 0 Å². The summed E-state index contributed by atoms with van der Waals surface area (Å²) < 4.78 is 0. The first-order chi connectivity index (χ1) is 10.6. The predicted octanol–water partition coefficient (Wildman–Crippen LogP) is 1.81. The van der Waals surface area contributed by atoms with Crippen LogP contribution in [-0.2, 0) is 23.2 Å². The Balaban J connectivity index is 1.84. The molecule has 0 unspecified atom stereocenters. The first-order valence-electron chi connectivity index (χ1n) is 8.28. The second-order valence-electron chi connectivity index (χ2n) is 8.52. The quantitative estimate of drug-likeness (QED) is 0.882. The van der Waals surface area contributed by atoms with Crippen LogP contribution >= 0.6 is 11.3 Å². The fraction of sp³-hybridized carbons (Fsp3) is 0.765. The molecule has 0 radical (unpaired) electrons. The van der Waals surface area contributed by atoms with Gasteiger partial charge in [-0.3, -0.25) is 9.69 Å². The maximum absolute atomic E-state index is 11.6. The highest BCUT2D eigenvalue weighted by molar-refractivity contribution is 7.11. The van der Waals surface area contributed by atoms with E-state index in [9.17, 15) is 9.90 Å². The largest absolute Gasteiger partial charge is 0.392 e. The molecule has 23 heavy (non-hydrogen) atoms. The number of likely N-dealkylation sites (tertiary alicyclic amines) is 1. The SMILES string of the molecule is CC1(C)Cc2nc(CN3C[C@H](O)C[C@H]3C(N)=O)sc2C(C)(C)C1. The lowest BCUT2D eigenvalue weighted by Gasteiger charge is -2.39. The van der Waals surface area contributed by atoms with E-state index in [0.717, 1.165) is 17.8 Å². The molecule has 0 spiro atoms. The molecule has 5 nitrogen and oxygen atoms in total. The van der Waals surface area contributed by atoms with E-state index in [0.29, 0.717) is 19.5 Å². The van der Waals surface area contributed by atoms with Gasteiger partial charge >= 0.3 is 0 Å². The molecule has 2 heterocycles. The number of aromatic nitrogens is 1. The number of thiazole rings is 1. The van der Waals surface area contributed by atoms with Crippen LogP contribution in [0.25, 0.3) is 0 Å². The van der Waals surface area contributed by atoms with Gasteiger partial charge in [0.2, 0.25) is 5.91 Å². The first-order valence-corrected chi connectivity index (χ1v) is 9.09. The smallest absolute Gasteiger partial charge is 0.234 e. The third-order valence-corrected chi connectivity index (χ3v) is 6.42. The minimum absolute atomic E-state index is 0.139. The molecule has 1 amide bonds. The van der Waals surface area contributed by atoms with Crippen LogP contribution in [-0.4, -0.2) is 39.6 Å². The second kappa shape index (κ2) is 5.53. The molecule has 1 aliphatic heterocycles. The van der Waals surface area contributed by atoms with Gasteiger partial charge in [0.25, 0.3) is 0 Å². The van der Waals surface area contributed by atoms with Crippen molar-refractivity contribution in [1.29, 1.82) is 0 Å². The molecule has 1 aromatic heterocycles. The van der Waals surface area contributed by atoms with E-state index in [1.165, 1.54) is 10.6 Å². The average Bonchev–Trinajstić information content (AvgIpc) is 2.91. The van der Waals surface area contributed by atoms with Crippen LogP contribution in [0.5, 0.6) is 0 Å². The van der Waals surface area contributed by atoms with Crippen LogP contribution < -0.4 is 5.73 Å². The van der Waals surface area contributed by atoms with Crippen LogP contribution in [0.1, 0.15) is 56.1 Å². The Morgan fingerprint density at radius 2 is 2.13 bits per heavy atom. The van der Waals surface area contributed by atoms with Crippen molar-refractivity contribution in [2.75, 3.05) is 6.54 Å². The average molecular weight is 337 g/mol. The maximum Gasteiger partial charge on any atom is 0.234 e. The lowest BCUT2D eigenvalue weighted by atomic mass is 9.67. The zero-order chi connectivity index (χ0) is 17.0. The van der Waals surface area contributed by atoms with Crippen molar-refractivity contribution in [2.24, 2.45) is 11.1 Å². The molecule has 6 heteroatoms. The number of β-amino-alcohol motifs (C(OH)–C–C–N with tert-alkyl or cyclic N) is 1. The number of rotatable bonds is 3. The number of hydrogen-bond acceptors (Lipinski definition) is 5. The van der Waals surface area contributed by atoms with Gasteiger partial charge in [-0.05, 0) is 24.7 Å². The number of nitrogens with two attached hydrogens (primary N) is 1. The maximum atomic E-state index is 11.6. The van der Waals surface area contributed by atoms with Gasteiger partial charge in [-0.25, -0.2) is 4.98 Å². The highest BCUT2D eigenvalue weighted by Gasteiger charge is 2.41. The Hall–Kier alpha value is -0.980. The topological polar surface area (TPSA) is 79.4 Å². The minimum Gasteiger partial charge on any atom is -0.392 e. The van der Waals surface area contributed by atoms with Crippen molar-refractivity contribution in [1.82, 2.24) is 9.88 Å². The molecule has 2 aliphatic rings. The number of nitrogens with zero attached hydrogens (tertiary/aromatic N) is 2. The van der Waals surface area contributed by atoms with Crippen molar-refractivity contribution in [3.8, 4) is 0 Å². The third kappa shape index (κ3) is 3.30. The Kier molecular flexibility index (Phi) is 4.06. The summed E-state index contributed by atoms with van der Waals surface area (Å²) in [5.74, 6) is -0.357. The lowest BCUT2D eigenvalue weighted by molar-refractivity contribution is -0.122. The molecule has 1 aliphatic carbocycles. The van der Waals surface area contributed by atoms with E-state index in [2.05, 4.69) is 27.7 Å². The van der Waals surface area contributed by atoms with Crippen LogP contribution in [0.2, 0.25) is 0 Å². The number of primary amides is 1. The summed E-state index contributed by atoms with van der Waals surface area (Å²) >= 11 is 1.76. The highest BCUT2D eigenvalue weighted by Crippen LogP contribution is 2.47. The second-order valence-corrected chi connectivity index (χ2v) is 9.61. The zero-order valence-electron chi connectivity index (χ0n) is 14.4. The fourth-order valence-corrected chi connectivity index (χ4v) is 5.64. The van der Waals surface area contributed by atoms with E-state index >= 15 is 0 Å². The summed E-state index contributed by atoms with van der Waals surface area (Å²) in [7, 11) is 0. The molecule has 1 aromatic rings. The van der Waals surface area contributed by atoms with Gasteiger partial charge in [-0.2, -0.15) is 0 Å². The van der Waals surface area contributed by atoms with Crippen LogP contribution in [0, 0.1) is 5.41 Å². The standard InChI is InChI=1S/C17H27N3O2S/c1-16(2)6-11-14(17(3,4)9-16)23-13(19-11)8-20-7-10(21)5-12(20)15(18)22/h10,12,21H,5-9H2,1-4H3,(H2,18,22)/t10-,12+/m1/s1. The Bertz CT molecular complexity index is 623. The van der Waals surface area contributed by atoms with E-state index in [1.54, 1.807) is 11.3 Å². The third-order valence-electron chi connectivity index (χ3n) is 4.97. The van der Waals surface area contributed by atoms with Crippen LogP contribution in [0.4, 0.5) is 0 Å². The Morgan fingerprint density at radius 1 is 1.43 bits per heavy atom. The normalized spacial score (nSPS) is 29.4. The highest BCUT2D eigenvalue weighted by atomic mass is 32.1. The number of aliphatic hydroxyl groups excluding tert-OH is 1. The molecule has 0 aromatic carbocycles. The molecular formula is C17H27N3O2S. The first kappa shape index (κ1) is 16.9. The number of fused-ring (bicyclic) bond motifs is 1. The molecular weight excluding hydrogens is 310 g/mol. The predicted molar refractivity (Wildman–Crippen MR) is 91.3 cm³/mol. The van der Waals surface area contributed by atoms with Gasteiger partial charge in [0.1, 0.15) is 5.01 Å². The Labute approximate surface area is 141 Å². The summed E-state index contributed by atoms with van der Waals surface area (Å²) in [6.45, 7) is 10.3. The van der Waals surface area contributed by atoms with Crippen molar-refractivity contribution < 1.29 is 9.90 Å². The summed E-state index contributed by atoms with van der Waals surface area (Å²) in [4.78, 5) is 19.8. The molecule has 2 atom stereocenters. The van der Waals surface area contributed by atoms with Gasteiger partial charge < -0.3 is 10.8 Å². The van der Waals surface area contributed by atoms with Gasteiger partial charge in [0, 0.05) is 16.8 Å². The van der Waals surface area contributed by atoms with Gasteiger partial charge in [0.15, 0.2) is 0 Å². The zero-order valence-corrected chi connectivity index (χ0v) is 15.2. The van der Waals surface area contributed by atoms with E-state index in [1.807, 2.05) is 4.90 Å². The Morgan fingerprint density at radius 3 is 2.78 bits per heavy atom. The van der Waals surface area contributed by atoms with Gasteiger partial charge in [0.05, 0.1) is 24.4 Å². The van der Waals surface area contributed by atoms with Crippen molar-refractivity contribution in [3.63, 3.8) is 0 Å². The van der Waals surface area contributed by atoms with Crippen LogP contribution in [0.3, 0.4) is 0 Å². The number of carbonyl (C=O) groups is 1. The van der Waals surface area contributed by atoms with E-state index in [4.69, 9.17) is 10.7 Å². The van der Waals surface area contributed by atoms with Gasteiger partial charge in [-0.1, -0.05) is 27.7 Å². The molecule has 0 bridgehead atoms. The molecule has 0 saturated carbocycles. The molecule has 3 rings (SSSR count).